The van der Waals surface area contributed by atoms with E-state index in [1.54, 1.807) is 0 Å². The van der Waals surface area contributed by atoms with E-state index in [4.69, 9.17) is 8.85 Å². The van der Waals surface area contributed by atoms with Crippen molar-refractivity contribution in [1.82, 2.24) is 0 Å². The van der Waals surface area contributed by atoms with Gasteiger partial charge in [0.1, 0.15) is 0 Å². The third kappa shape index (κ3) is 6.83. The molecule has 1 radical (unpaired) electrons. The van der Waals surface area contributed by atoms with E-state index in [-0.39, 0.29) is 0 Å². The van der Waals surface area contributed by atoms with Gasteiger partial charge < -0.3 is 8.85 Å². The molecule has 1 saturated carbocycles. The molecule has 1 atom stereocenters. The zero-order chi connectivity index (χ0) is 15.6. The van der Waals surface area contributed by atoms with Gasteiger partial charge in [0.25, 0.3) is 0 Å². The van der Waals surface area contributed by atoms with Gasteiger partial charge in [-0.3, -0.25) is 0 Å². The maximum Gasteiger partial charge on any atom is 0.342 e. The second kappa shape index (κ2) is 10.8. The van der Waals surface area contributed by atoms with Crippen LogP contribution in [0.4, 0.5) is 0 Å². The van der Waals surface area contributed by atoms with E-state index in [9.17, 15) is 0 Å². The normalized spacial score (nSPS) is 18.3. The maximum absolute atomic E-state index is 6.31. The minimum Gasteiger partial charge on any atom is -0.394 e. The number of hydrogen-bond donors (Lipinski definition) is 0. The van der Waals surface area contributed by atoms with Crippen molar-refractivity contribution in [1.29, 1.82) is 0 Å². The van der Waals surface area contributed by atoms with Gasteiger partial charge in [-0.15, -0.1) is 0 Å². The van der Waals surface area contributed by atoms with Crippen LogP contribution in [0, 0.1) is 17.9 Å². The third-order valence-corrected chi connectivity index (χ3v) is 8.46. The van der Waals surface area contributed by atoms with E-state index in [1.165, 1.54) is 57.4 Å². The number of unbranched alkanes of at least 4 members (excludes halogenated alkanes) is 1. The molecule has 1 aliphatic rings. The quantitative estimate of drug-likeness (QED) is 0.433. The Bertz CT molecular complexity index is 246. The van der Waals surface area contributed by atoms with Crippen LogP contribution in [-0.2, 0) is 8.85 Å². The first-order valence-corrected chi connectivity index (χ1v) is 11.4. The molecule has 0 aliphatic heterocycles. The van der Waals surface area contributed by atoms with Gasteiger partial charge >= 0.3 is 8.56 Å². The summed E-state index contributed by atoms with van der Waals surface area (Å²) < 4.78 is 12.6. The van der Waals surface area contributed by atoms with E-state index < -0.39 is 8.56 Å². The molecule has 0 aromatic heterocycles. The van der Waals surface area contributed by atoms with Crippen LogP contribution in [0.3, 0.4) is 0 Å². The molecule has 0 spiro atoms. The Morgan fingerprint density at radius 3 is 2.14 bits per heavy atom. The van der Waals surface area contributed by atoms with E-state index in [2.05, 4.69) is 33.7 Å². The standard InChI is InChI=1S/C18H37O2Si/c1-5-9-12-17(6-2)15-21(19-7-3,20-8-4)16-18-13-10-11-14-18/h16-18H,5-15H2,1-4H3. The number of rotatable bonds is 12. The molecule has 2 nitrogen and oxygen atoms in total. The van der Waals surface area contributed by atoms with Gasteiger partial charge in [-0.05, 0) is 31.7 Å². The van der Waals surface area contributed by atoms with Crippen molar-refractivity contribution in [3.63, 3.8) is 0 Å². The Morgan fingerprint density at radius 1 is 1.05 bits per heavy atom. The molecule has 0 heterocycles. The van der Waals surface area contributed by atoms with Crippen LogP contribution in [0.15, 0.2) is 0 Å². The van der Waals surface area contributed by atoms with Crippen LogP contribution in [0.2, 0.25) is 6.04 Å². The molecule has 0 N–H and O–H groups in total. The van der Waals surface area contributed by atoms with Gasteiger partial charge in [0.15, 0.2) is 0 Å². The molecular formula is C18H37O2Si. The molecule has 1 unspecified atom stereocenters. The Kier molecular flexibility index (Phi) is 9.86. The highest BCUT2D eigenvalue weighted by Gasteiger charge is 2.42. The van der Waals surface area contributed by atoms with Crippen molar-refractivity contribution in [2.75, 3.05) is 13.2 Å². The summed E-state index contributed by atoms with van der Waals surface area (Å²) in [5.74, 6) is 1.52. The summed E-state index contributed by atoms with van der Waals surface area (Å²) in [5, 5.41) is 0. The molecule has 0 bridgehead atoms. The Morgan fingerprint density at radius 2 is 1.67 bits per heavy atom. The van der Waals surface area contributed by atoms with Crippen molar-refractivity contribution in [3.05, 3.63) is 6.04 Å². The van der Waals surface area contributed by atoms with Crippen molar-refractivity contribution in [2.24, 2.45) is 11.8 Å². The highest BCUT2D eigenvalue weighted by Crippen LogP contribution is 2.36. The molecule has 0 aromatic rings. The van der Waals surface area contributed by atoms with Crippen LogP contribution in [0.25, 0.3) is 0 Å². The molecule has 1 fully saturated rings. The fraction of sp³-hybridized carbons (Fsp3) is 0.944. The molecule has 3 heteroatoms. The zero-order valence-electron chi connectivity index (χ0n) is 14.8. The summed E-state index contributed by atoms with van der Waals surface area (Å²) in [6, 6.07) is 3.73. The van der Waals surface area contributed by atoms with Gasteiger partial charge in [0.05, 0.1) is 0 Å². The summed E-state index contributed by atoms with van der Waals surface area (Å²) in [6.45, 7) is 10.4. The molecular weight excluding hydrogens is 276 g/mol. The fourth-order valence-corrected chi connectivity index (χ4v) is 7.62. The van der Waals surface area contributed by atoms with Crippen LogP contribution in [0.5, 0.6) is 0 Å². The molecule has 1 rings (SSSR count). The summed E-state index contributed by atoms with van der Waals surface area (Å²) in [7, 11) is -2.12. The van der Waals surface area contributed by atoms with Crippen LogP contribution >= 0.6 is 0 Å². The average Bonchev–Trinajstić information content (AvgIpc) is 2.96. The molecule has 21 heavy (non-hydrogen) atoms. The van der Waals surface area contributed by atoms with Gasteiger partial charge in [0, 0.05) is 19.3 Å². The minimum atomic E-state index is -2.12. The first kappa shape index (κ1) is 19.2. The van der Waals surface area contributed by atoms with Gasteiger partial charge in [0.2, 0.25) is 0 Å². The van der Waals surface area contributed by atoms with E-state index >= 15 is 0 Å². The first-order valence-electron chi connectivity index (χ1n) is 9.33. The van der Waals surface area contributed by atoms with Crippen LogP contribution in [-0.4, -0.2) is 21.8 Å². The molecule has 0 aromatic carbocycles. The first-order chi connectivity index (χ1) is 10.2. The van der Waals surface area contributed by atoms with Gasteiger partial charge in [-0.2, -0.15) is 0 Å². The van der Waals surface area contributed by atoms with Crippen molar-refractivity contribution < 1.29 is 8.85 Å². The highest BCUT2D eigenvalue weighted by atomic mass is 28.4. The lowest BCUT2D eigenvalue weighted by atomic mass is 10.0. The Balaban J connectivity index is 2.70. The zero-order valence-corrected chi connectivity index (χ0v) is 15.8. The topological polar surface area (TPSA) is 18.5 Å². The van der Waals surface area contributed by atoms with E-state index in [0.717, 1.165) is 25.0 Å². The second-order valence-corrected chi connectivity index (χ2v) is 9.45. The Hall–Kier alpha value is 0.137. The lowest BCUT2D eigenvalue weighted by molar-refractivity contribution is 0.179. The lowest BCUT2D eigenvalue weighted by Crippen LogP contribution is -2.46. The van der Waals surface area contributed by atoms with Crippen LogP contribution < -0.4 is 0 Å². The van der Waals surface area contributed by atoms with E-state index in [1.807, 2.05) is 0 Å². The van der Waals surface area contributed by atoms with Crippen molar-refractivity contribution in [3.8, 4) is 0 Å². The lowest BCUT2D eigenvalue weighted by Gasteiger charge is -2.34. The monoisotopic (exact) mass is 313 g/mol. The molecule has 0 amide bonds. The molecule has 125 valence electrons. The summed E-state index contributed by atoms with van der Waals surface area (Å²) in [6.07, 6.45) is 10.7. The largest absolute Gasteiger partial charge is 0.394 e. The predicted molar refractivity (Wildman–Crippen MR) is 93.4 cm³/mol. The van der Waals surface area contributed by atoms with Crippen molar-refractivity contribution in [2.45, 2.75) is 85.1 Å². The van der Waals surface area contributed by atoms with Crippen molar-refractivity contribution >= 4 is 8.56 Å². The summed E-state index contributed by atoms with van der Waals surface area (Å²) in [4.78, 5) is 0. The smallest absolute Gasteiger partial charge is 0.342 e. The van der Waals surface area contributed by atoms with Gasteiger partial charge in [-0.25, -0.2) is 0 Å². The predicted octanol–water partition coefficient (Wildman–Crippen LogP) is 5.65. The molecule has 1 aliphatic carbocycles. The van der Waals surface area contributed by atoms with E-state index in [0.29, 0.717) is 0 Å². The third-order valence-electron chi connectivity index (χ3n) is 4.78. The number of hydrogen-bond acceptors (Lipinski definition) is 2. The van der Waals surface area contributed by atoms with Gasteiger partial charge in [-0.1, -0.05) is 65.2 Å². The minimum absolute atomic E-state index is 0.749. The second-order valence-electron chi connectivity index (χ2n) is 6.51. The summed E-state index contributed by atoms with van der Waals surface area (Å²) in [5.41, 5.74) is 0. The maximum atomic E-state index is 6.31. The SMILES string of the molecule is CCCCC(CC)C[Si]([CH]C1CCCC1)(OCC)OCC. The molecule has 0 saturated heterocycles. The fourth-order valence-electron chi connectivity index (χ4n) is 3.64. The summed E-state index contributed by atoms with van der Waals surface area (Å²) >= 11 is 0. The average molecular weight is 314 g/mol. The highest BCUT2D eigenvalue weighted by molar-refractivity contribution is 6.71. The Labute approximate surface area is 134 Å². The van der Waals surface area contributed by atoms with Crippen LogP contribution in [0.1, 0.15) is 79.1 Å².